The van der Waals surface area contributed by atoms with E-state index in [1.165, 1.54) is 154 Å². The average Bonchev–Trinajstić information content (AvgIpc) is 1.58. The van der Waals surface area contributed by atoms with Crippen LogP contribution in [0.15, 0.2) is 533 Å². The summed E-state index contributed by atoms with van der Waals surface area (Å²) < 4.78 is 21.9. The molecule has 0 atom stereocenters. The fourth-order valence-electron chi connectivity index (χ4n) is 22.0. The Morgan fingerprint density at radius 1 is 0.188 bits per heavy atom. The van der Waals surface area contributed by atoms with Crippen molar-refractivity contribution < 1.29 is 4.42 Å². The summed E-state index contributed by atoms with van der Waals surface area (Å²) in [5.41, 5.74) is 27.9. The van der Waals surface area contributed by atoms with Gasteiger partial charge in [0.15, 0.2) is 0 Å². The van der Waals surface area contributed by atoms with Crippen molar-refractivity contribution in [3.63, 3.8) is 0 Å². The molecule has 19 aromatic carbocycles. The Bertz CT molecular complexity index is 9920. The van der Waals surface area contributed by atoms with Gasteiger partial charge in [-0.3, -0.25) is 9.97 Å². The normalized spacial score (nSPS) is 11.6. The van der Waals surface area contributed by atoms with Crippen molar-refractivity contribution in [1.82, 2.24) is 38.2 Å². The number of nitrogens with zero attached hydrogens (tertiary/aromatic N) is 11. The number of benzene rings is 19. The summed E-state index contributed by atoms with van der Waals surface area (Å²) in [6.07, 6.45) is 11.9. The molecule has 12 nitrogen and oxygen atoms in total. The Balaban J connectivity index is 0.0000000959. The fourth-order valence-corrected chi connectivity index (χ4v) is 25.3. The van der Waals surface area contributed by atoms with Gasteiger partial charge in [0.1, 0.15) is 10.4 Å². The molecule has 0 spiro atoms. The lowest BCUT2D eigenvalue weighted by Gasteiger charge is -2.25. The molecule has 0 saturated carbocycles. The predicted octanol–water partition coefficient (Wildman–Crippen LogP) is 37.8. The standard InChI is InChI=1S/C35H21N3O.2C35H23N3S.C29H20N2S/c1-5-13-30-24(9-1)25-10-2-6-14-31(25)37(30)22-17-18-34-28(19-22)29-20-23(21-36-35(29)39-34)38-32-15-7-3-11-26(32)27-12-4-8-16-33(27)38;1-3-11-24(12-4-1)37(25-13-5-2-6-14-25)27-22-31-30-21-26(19-20-34(30)39-35(31)36-23-27)38-32-17-9-7-15-28(32)29-16-8-10-18-33(29)38;1-3-11-24(12-4-1)37(25-13-5-2-6-14-25)33-23-36-22-30-29-21-26(19-20-34(29)39-35(30)33)38-31-17-9-7-15-27(31)28-16-8-10-18-32(28)38;1-4-10-21(11-5-1)22-16-17-28-25(18-22)26-19-30-20-27(29(26)32-28)31(23-12-6-2-7-13-23)24-14-8-3-9-15-24/h1-21H;2*1-23H;1-20H. The summed E-state index contributed by atoms with van der Waals surface area (Å²) in [6.45, 7) is 0. The largest absolute Gasteiger partial charge is 0.438 e. The first kappa shape index (κ1) is 87.6. The van der Waals surface area contributed by atoms with E-state index in [1.807, 2.05) is 59.9 Å². The molecule has 0 N–H and O–H groups in total. The highest BCUT2D eigenvalue weighted by atomic mass is 32.1. The van der Waals surface area contributed by atoms with Gasteiger partial charge in [-0.2, -0.15) is 0 Å². The molecule has 0 aliphatic rings. The molecular weight excluding hydrogens is 1880 g/mol. The Morgan fingerprint density at radius 2 is 0.490 bits per heavy atom. The van der Waals surface area contributed by atoms with Gasteiger partial charge in [-0.1, -0.05) is 291 Å². The lowest BCUT2D eigenvalue weighted by molar-refractivity contribution is 0.654. The Labute approximate surface area is 868 Å². The van der Waals surface area contributed by atoms with E-state index in [1.54, 1.807) is 11.3 Å². The summed E-state index contributed by atoms with van der Waals surface area (Å²) in [5, 5.41) is 19.4. The number of hydrogen-bond acceptors (Lipinski definition) is 11. The van der Waals surface area contributed by atoms with Gasteiger partial charge in [-0.05, 0) is 211 Å². The molecule has 31 aromatic rings. The first-order valence-corrected chi connectivity index (χ1v) is 52.4. The average molecular weight is 1960 g/mol. The molecule has 0 saturated heterocycles. The van der Waals surface area contributed by atoms with E-state index < -0.39 is 0 Å². The number of fused-ring (bicyclic) bond motifs is 24. The van der Waals surface area contributed by atoms with E-state index in [2.05, 4.69) is 529 Å². The van der Waals surface area contributed by atoms with E-state index in [-0.39, 0.29) is 0 Å². The lowest BCUT2D eigenvalue weighted by atomic mass is 10.0. The summed E-state index contributed by atoms with van der Waals surface area (Å²) >= 11 is 5.40. The van der Waals surface area contributed by atoms with Gasteiger partial charge in [0.2, 0.25) is 5.71 Å². The van der Waals surface area contributed by atoms with Crippen molar-refractivity contribution in [3.8, 4) is 33.9 Å². The highest BCUT2D eigenvalue weighted by Gasteiger charge is 2.26. The Hall–Kier alpha value is -19.2. The monoisotopic (exact) mass is 1960 g/mol. The zero-order valence-corrected chi connectivity index (χ0v) is 82.7. The zero-order chi connectivity index (χ0) is 98.4. The maximum atomic E-state index is 6.22. The van der Waals surface area contributed by atoms with Gasteiger partial charge in [0.25, 0.3) is 0 Å². The first-order valence-electron chi connectivity index (χ1n) is 49.9. The number of rotatable bonds is 14. The van der Waals surface area contributed by atoms with E-state index in [9.17, 15) is 0 Å². The van der Waals surface area contributed by atoms with Crippen LogP contribution in [0, 0.1) is 0 Å². The van der Waals surface area contributed by atoms with E-state index >= 15 is 0 Å². The van der Waals surface area contributed by atoms with Crippen molar-refractivity contribution in [2.45, 2.75) is 0 Å². The molecule has 15 heteroatoms. The van der Waals surface area contributed by atoms with Crippen LogP contribution in [0.5, 0.6) is 0 Å². The van der Waals surface area contributed by atoms with Crippen molar-refractivity contribution in [2.24, 2.45) is 0 Å². The molecule has 0 amide bonds. The molecule has 0 aliphatic heterocycles. The minimum absolute atomic E-state index is 0.647. The van der Waals surface area contributed by atoms with Crippen LogP contribution >= 0.6 is 34.0 Å². The van der Waals surface area contributed by atoms with Gasteiger partial charge in [0.05, 0.1) is 106 Å². The Kier molecular flexibility index (Phi) is 21.9. The van der Waals surface area contributed by atoms with Gasteiger partial charge in [0, 0.05) is 158 Å². The molecule has 702 valence electrons. The fraction of sp³-hybridized carbons (Fsp3) is 0. The Morgan fingerprint density at radius 3 is 0.872 bits per heavy atom. The van der Waals surface area contributed by atoms with Crippen LogP contribution in [0.2, 0.25) is 0 Å². The number of furan rings is 1. The second-order valence-corrected chi connectivity index (χ2v) is 40.3. The van der Waals surface area contributed by atoms with Crippen molar-refractivity contribution in [3.05, 3.63) is 529 Å². The summed E-state index contributed by atoms with van der Waals surface area (Å²) in [4.78, 5) is 27.1. The molecule has 12 heterocycles. The lowest BCUT2D eigenvalue weighted by Crippen LogP contribution is -2.10. The third kappa shape index (κ3) is 15.4. The van der Waals surface area contributed by atoms with Gasteiger partial charge in [-0.25, -0.2) is 9.97 Å². The molecule has 0 radical (unpaired) electrons. The minimum atomic E-state index is 0.647. The second-order valence-electron chi connectivity index (χ2n) is 37.2. The minimum Gasteiger partial charge on any atom is -0.438 e. The number of hydrogen-bond donors (Lipinski definition) is 0. The van der Waals surface area contributed by atoms with Crippen LogP contribution in [0.25, 0.3) is 204 Å². The van der Waals surface area contributed by atoms with Crippen molar-refractivity contribution in [2.75, 3.05) is 14.7 Å². The van der Waals surface area contributed by atoms with Gasteiger partial charge in [-0.15, -0.1) is 34.0 Å². The van der Waals surface area contributed by atoms with Crippen LogP contribution < -0.4 is 14.7 Å². The maximum absolute atomic E-state index is 6.22. The third-order valence-corrected chi connectivity index (χ3v) is 32.1. The first-order chi connectivity index (χ1) is 73.9. The second kappa shape index (κ2) is 37.2. The van der Waals surface area contributed by atoms with Crippen LogP contribution in [0.4, 0.5) is 51.2 Å². The quantitative estimate of drug-likeness (QED) is 0.106. The van der Waals surface area contributed by atoms with Crippen molar-refractivity contribution in [1.29, 1.82) is 0 Å². The van der Waals surface area contributed by atoms with Crippen LogP contribution in [-0.2, 0) is 0 Å². The molecule has 0 fully saturated rings. The maximum Gasteiger partial charge on any atom is 0.227 e. The van der Waals surface area contributed by atoms with E-state index in [0.29, 0.717) is 5.71 Å². The SMILES string of the molecule is c1ccc(-c2ccc3sc4c(N(c5ccccc5)c5ccccc5)cncc4c3c2)cc1.c1ccc(N(c2ccccc2)c2cnc3sc4ccc(-n5c6ccccc6c6ccccc65)cc4c3c2)cc1.c1ccc(N(c2ccccc2)c2cncc3c2sc2ccc(-n4c5ccccc5c5ccccc54)cc23)cc1.c1ccc2c(c1)c1ccccc1n2-c1ccc2oc3ncc(-n4c5ccccc5c5ccccc54)cc3c2c1. The number of anilines is 9. The summed E-state index contributed by atoms with van der Waals surface area (Å²) in [5.74, 6) is 0. The van der Waals surface area contributed by atoms with Crippen LogP contribution in [-0.4, -0.2) is 38.2 Å². The third-order valence-electron chi connectivity index (χ3n) is 28.6. The van der Waals surface area contributed by atoms with Crippen LogP contribution in [0.1, 0.15) is 0 Å². The zero-order valence-electron chi connectivity index (χ0n) is 80.3. The number of pyridine rings is 4. The van der Waals surface area contributed by atoms with Crippen molar-refractivity contribution >= 4 is 255 Å². The molecule has 149 heavy (non-hydrogen) atoms. The van der Waals surface area contributed by atoms with E-state index in [0.717, 1.165) is 95.1 Å². The highest BCUT2D eigenvalue weighted by Crippen LogP contribution is 2.50. The summed E-state index contributed by atoms with van der Waals surface area (Å²) in [7, 11) is 0. The van der Waals surface area contributed by atoms with Crippen LogP contribution in [0.3, 0.4) is 0 Å². The van der Waals surface area contributed by atoms with Gasteiger partial charge >= 0.3 is 0 Å². The molecular formula is C134H87N11OS3. The smallest absolute Gasteiger partial charge is 0.227 e. The number of aromatic nitrogens is 8. The predicted molar refractivity (Wildman–Crippen MR) is 630 cm³/mol. The number of para-hydroxylation sites is 14. The molecule has 0 aliphatic carbocycles. The van der Waals surface area contributed by atoms with E-state index in [4.69, 9.17) is 19.4 Å². The highest BCUT2D eigenvalue weighted by molar-refractivity contribution is 7.27. The molecule has 12 aromatic heterocycles. The molecule has 0 unspecified atom stereocenters. The molecule has 0 bridgehead atoms. The topological polar surface area (TPSA) is 94.1 Å². The van der Waals surface area contributed by atoms with Gasteiger partial charge < -0.3 is 37.4 Å². The summed E-state index contributed by atoms with van der Waals surface area (Å²) in [6, 6.07) is 174. The molecule has 31 rings (SSSR count). The number of thiophene rings is 3.